The highest BCUT2D eigenvalue weighted by Gasteiger charge is 2.16. The van der Waals surface area contributed by atoms with Gasteiger partial charge in [-0.3, -0.25) is 0 Å². The molecule has 0 saturated carbocycles. The normalized spacial score (nSPS) is 10.2. The van der Waals surface area contributed by atoms with Crippen LogP contribution in [0.2, 0.25) is 0 Å². The first-order chi connectivity index (χ1) is 10.1. The zero-order chi connectivity index (χ0) is 15.4. The topological polar surface area (TPSA) is 71.1 Å². The number of ether oxygens (including phenoxy) is 1. The molecule has 4 nitrogen and oxygen atoms in total. The number of methoxy groups -OCH3 is 1. The molecule has 0 aliphatic rings. The average Bonchev–Trinajstić information content (AvgIpc) is 2.48. The summed E-state index contributed by atoms with van der Waals surface area (Å²) >= 11 is 0. The van der Waals surface area contributed by atoms with Crippen molar-refractivity contribution in [2.45, 2.75) is 6.43 Å². The van der Waals surface area contributed by atoms with Crippen molar-refractivity contribution in [1.82, 2.24) is 0 Å². The number of para-hydroxylation sites is 1. The summed E-state index contributed by atoms with van der Waals surface area (Å²) in [5.74, 6) is 0.395. The van der Waals surface area contributed by atoms with Gasteiger partial charge in [-0.2, -0.15) is 5.26 Å². The van der Waals surface area contributed by atoms with Crippen LogP contribution in [0, 0.1) is 11.3 Å². The van der Waals surface area contributed by atoms with Crippen LogP contribution < -0.4 is 15.8 Å². The molecule has 6 heteroatoms. The number of nitriles is 1. The zero-order valence-electron chi connectivity index (χ0n) is 11.2. The minimum Gasteiger partial charge on any atom is -0.495 e. The number of nitrogens with one attached hydrogen (secondary N) is 1. The highest BCUT2D eigenvalue weighted by molar-refractivity contribution is 5.75. The minimum absolute atomic E-state index is 0.181. The van der Waals surface area contributed by atoms with Crippen molar-refractivity contribution in [3.8, 4) is 11.8 Å². The molecule has 0 fully saturated rings. The molecule has 21 heavy (non-hydrogen) atoms. The molecule has 0 aliphatic heterocycles. The molecule has 2 rings (SSSR count). The van der Waals surface area contributed by atoms with Crippen molar-refractivity contribution in [2.24, 2.45) is 0 Å². The summed E-state index contributed by atoms with van der Waals surface area (Å²) in [6.07, 6.45) is -2.68. The smallest absolute Gasteiger partial charge is 0.265 e. The summed E-state index contributed by atoms with van der Waals surface area (Å²) < 4.78 is 31.3. The van der Waals surface area contributed by atoms with E-state index in [0.717, 1.165) is 0 Å². The van der Waals surface area contributed by atoms with Crippen LogP contribution in [-0.4, -0.2) is 7.11 Å². The highest BCUT2D eigenvalue weighted by Crippen LogP contribution is 2.35. The van der Waals surface area contributed by atoms with Crippen LogP contribution in [0.1, 0.15) is 17.6 Å². The van der Waals surface area contributed by atoms with Crippen LogP contribution in [-0.2, 0) is 0 Å². The average molecular weight is 289 g/mol. The number of nitrogen functional groups attached to an aromatic ring is 1. The summed E-state index contributed by atoms with van der Waals surface area (Å²) in [7, 11) is 1.44. The molecule has 0 aliphatic carbocycles. The van der Waals surface area contributed by atoms with Gasteiger partial charge in [0.25, 0.3) is 6.43 Å². The summed E-state index contributed by atoms with van der Waals surface area (Å²) in [6, 6.07) is 11.0. The van der Waals surface area contributed by atoms with Gasteiger partial charge in [-0.15, -0.1) is 0 Å². The van der Waals surface area contributed by atoms with Gasteiger partial charge in [0.1, 0.15) is 11.8 Å². The molecule has 0 bridgehead atoms. The van der Waals surface area contributed by atoms with Crippen molar-refractivity contribution in [3.05, 3.63) is 47.5 Å². The number of anilines is 3. The van der Waals surface area contributed by atoms with Crippen LogP contribution in [0.4, 0.5) is 25.8 Å². The second-order valence-corrected chi connectivity index (χ2v) is 4.27. The van der Waals surface area contributed by atoms with Crippen molar-refractivity contribution >= 4 is 17.1 Å². The number of benzene rings is 2. The van der Waals surface area contributed by atoms with E-state index in [2.05, 4.69) is 5.32 Å². The van der Waals surface area contributed by atoms with Crippen LogP contribution in [0.5, 0.6) is 5.75 Å². The lowest BCUT2D eigenvalue weighted by Crippen LogP contribution is -2.02. The van der Waals surface area contributed by atoms with Crippen LogP contribution in [0.3, 0.4) is 0 Å². The fourth-order valence-electron chi connectivity index (χ4n) is 1.93. The number of alkyl halides is 2. The van der Waals surface area contributed by atoms with Crippen molar-refractivity contribution in [1.29, 1.82) is 5.26 Å². The molecule has 0 heterocycles. The summed E-state index contributed by atoms with van der Waals surface area (Å²) in [6.45, 7) is 0. The minimum atomic E-state index is -2.68. The Morgan fingerprint density at radius 2 is 2.05 bits per heavy atom. The van der Waals surface area contributed by atoms with Crippen molar-refractivity contribution in [2.75, 3.05) is 18.2 Å². The highest BCUT2D eigenvalue weighted by atomic mass is 19.3. The number of hydrogen-bond acceptors (Lipinski definition) is 4. The standard InChI is InChI=1S/C15H13F2N3O/c1-21-13-4-2-3-9(8-18)14(13)20-12-6-5-10(19)7-11(12)15(16)17/h2-7,15,20H,19H2,1H3. The number of rotatable bonds is 4. The molecule has 0 aromatic heterocycles. The van der Waals surface area contributed by atoms with Gasteiger partial charge in [-0.1, -0.05) is 6.07 Å². The third-order valence-electron chi connectivity index (χ3n) is 2.94. The maximum atomic E-state index is 13.1. The quantitative estimate of drug-likeness (QED) is 0.839. The van der Waals surface area contributed by atoms with E-state index in [0.29, 0.717) is 17.0 Å². The zero-order valence-corrected chi connectivity index (χ0v) is 11.2. The van der Waals surface area contributed by atoms with Gasteiger partial charge in [-0.05, 0) is 30.3 Å². The molecule has 2 aromatic carbocycles. The Labute approximate surface area is 120 Å². The Balaban J connectivity index is 2.51. The number of nitrogens with zero attached hydrogens (tertiary/aromatic N) is 1. The van der Waals surface area contributed by atoms with Crippen LogP contribution in [0.15, 0.2) is 36.4 Å². The Morgan fingerprint density at radius 3 is 2.67 bits per heavy atom. The van der Waals surface area contributed by atoms with E-state index in [1.54, 1.807) is 18.2 Å². The van der Waals surface area contributed by atoms with Crippen molar-refractivity contribution in [3.63, 3.8) is 0 Å². The van der Waals surface area contributed by atoms with E-state index in [1.807, 2.05) is 6.07 Å². The predicted molar refractivity (Wildman–Crippen MR) is 76.8 cm³/mol. The third-order valence-corrected chi connectivity index (χ3v) is 2.94. The van der Waals surface area contributed by atoms with Gasteiger partial charge in [0, 0.05) is 16.9 Å². The Bertz CT molecular complexity index is 696. The number of nitrogens with two attached hydrogens (primary N) is 1. The molecule has 0 radical (unpaired) electrons. The van der Waals surface area contributed by atoms with Gasteiger partial charge >= 0.3 is 0 Å². The third kappa shape index (κ3) is 3.03. The second-order valence-electron chi connectivity index (χ2n) is 4.27. The first kappa shape index (κ1) is 14.6. The molecule has 2 aromatic rings. The lowest BCUT2D eigenvalue weighted by atomic mass is 10.1. The lowest BCUT2D eigenvalue weighted by Gasteiger charge is -2.16. The lowest BCUT2D eigenvalue weighted by molar-refractivity contribution is 0.152. The van der Waals surface area contributed by atoms with Crippen molar-refractivity contribution < 1.29 is 13.5 Å². The van der Waals surface area contributed by atoms with Gasteiger partial charge in [0.15, 0.2) is 0 Å². The van der Waals surface area contributed by atoms with Crippen LogP contribution >= 0.6 is 0 Å². The molecule has 0 atom stereocenters. The molecule has 0 spiro atoms. The van der Waals surface area contributed by atoms with E-state index in [4.69, 9.17) is 15.7 Å². The van der Waals surface area contributed by atoms with E-state index < -0.39 is 6.43 Å². The Hall–Kier alpha value is -2.81. The Morgan fingerprint density at radius 1 is 1.29 bits per heavy atom. The molecule has 0 amide bonds. The van der Waals surface area contributed by atoms with Gasteiger partial charge in [0.05, 0.1) is 18.4 Å². The molecule has 0 unspecified atom stereocenters. The first-order valence-electron chi connectivity index (χ1n) is 6.08. The summed E-state index contributed by atoms with van der Waals surface area (Å²) in [5.41, 5.74) is 6.37. The first-order valence-corrected chi connectivity index (χ1v) is 6.08. The summed E-state index contributed by atoms with van der Waals surface area (Å²) in [5, 5.41) is 12.0. The molecular formula is C15H13F2N3O. The van der Waals surface area contributed by atoms with Gasteiger partial charge < -0.3 is 15.8 Å². The maximum Gasteiger partial charge on any atom is 0.265 e. The molecule has 3 N–H and O–H groups in total. The predicted octanol–water partition coefficient (Wildman–Crippen LogP) is 3.83. The maximum absolute atomic E-state index is 13.1. The second kappa shape index (κ2) is 6.09. The van der Waals surface area contributed by atoms with E-state index >= 15 is 0 Å². The fraction of sp³-hybridized carbons (Fsp3) is 0.133. The number of hydrogen-bond donors (Lipinski definition) is 2. The van der Waals surface area contributed by atoms with Gasteiger partial charge in [-0.25, -0.2) is 8.78 Å². The van der Waals surface area contributed by atoms with Gasteiger partial charge in [0.2, 0.25) is 0 Å². The van der Waals surface area contributed by atoms with E-state index in [-0.39, 0.29) is 16.9 Å². The molecule has 0 saturated heterocycles. The largest absolute Gasteiger partial charge is 0.495 e. The molecular weight excluding hydrogens is 276 g/mol. The number of halogens is 2. The van der Waals surface area contributed by atoms with Crippen LogP contribution in [0.25, 0.3) is 0 Å². The summed E-state index contributed by atoms with van der Waals surface area (Å²) in [4.78, 5) is 0. The monoisotopic (exact) mass is 289 g/mol. The van der Waals surface area contributed by atoms with E-state index in [1.165, 1.54) is 25.3 Å². The fourth-order valence-corrected chi connectivity index (χ4v) is 1.93. The SMILES string of the molecule is COc1cccc(C#N)c1Nc1ccc(N)cc1C(F)F. The Kier molecular flexibility index (Phi) is 4.24. The van der Waals surface area contributed by atoms with E-state index in [9.17, 15) is 8.78 Å². The molecule has 108 valence electrons.